The van der Waals surface area contributed by atoms with Crippen LogP contribution in [0.4, 0.5) is 5.69 Å². The fourth-order valence-electron chi connectivity index (χ4n) is 2.00. The maximum Gasteiger partial charge on any atom is 0.253 e. The molecule has 100 valence electrons. The fourth-order valence-corrected chi connectivity index (χ4v) is 2.85. The van der Waals surface area contributed by atoms with Gasteiger partial charge >= 0.3 is 0 Å². The minimum absolute atomic E-state index is 0.0475. The van der Waals surface area contributed by atoms with Crippen LogP contribution in [0.15, 0.2) is 18.2 Å². The molecule has 0 bridgehead atoms. The molecule has 1 aromatic carbocycles. The molecule has 0 aliphatic heterocycles. The van der Waals surface area contributed by atoms with Gasteiger partial charge in [-0.3, -0.25) is 4.79 Å². The Labute approximate surface area is 114 Å². The van der Waals surface area contributed by atoms with E-state index >= 15 is 0 Å². The van der Waals surface area contributed by atoms with E-state index in [1.807, 2.05) is 31.0 Å². The number of carbonyl (C=O) groups excluding carboxylic acids is 1. The van der Waals surface area contributed by atoms with E-state index in [4.69, 9.17) is 5.73 Å². The van der Waals surface area contributed by atoms with Crippen molar-refractivity contribution in [3.05, 3.63) is 29.3 Å². The number of nitrogens with two attached hydrogens (primary N) is 1. The molecule has 0 saturated carbocycles. The number of anilines is 1. The van der Waals surface area contributed by atoms with Gasteiger partial charge in [0.15, 0.2) is 0 Å². The zero-order chi connectivity index (χ0) is 13.7. The number of rotatable bonds is 5. The largest absolute Gasteiger partial charge is 0.399 e. The van der Waals surface area contributed by atoms with E-state index in [-0.39, 0.29) is 11.9 Å². The number of nitrogen functional groups attached to an aromatic ring is 1. The zero-order valence-corrected chi connectivity index (χ0v) is 12.4. The number of thioether (sulfide) groups is 1. The summed E-state index contributed by atoms with van der Waals surface area (Å²) in [6.45, 7) is 4.06. The Morgan fingerprint density at radius 1 is 1.44 bits per heavy atom. The molecule has 3 nitrogen and oxygen atoms in total. The number of hydrogen-bond acceptors (Lipinski definition) is 3. The molecule has 0 radical (unpaired) electrons. The van der Waals surface area contributed by atoms with E-state index in [1.54, 1.807) is 17.8 Å². The predicted molar refractivity (Wildman–Crippen MR) is 80.1 cm³/mol. The van der Waals surface area contributed by atoms with E-state index in [0.717, 1.165) is 17.7 Å². The van der Waals surface area contributed by atoms with E-state index in [2.05, 4.69) is 13.2 Å². The van der Waals surface area contributed by atoms with Crippen LogP contribution in [0.1, 0.15) is 29.3 Å². The third-order valence-electron chi connectivity index (χ3n) is 3.05. The minimum atomic E-state index is 0.0475. The van der Waals surface area contributed by atoms with E-state index < -0.39 is 0 Å². The van der Waals surface area contributed by atoms with Gasteiger partial charge in [-0.25, -0.2) is 0 Å². The standard InChI is InChI=1S/C14H22N2OS/c1-5-13(9-18-4)16(3)14(17)11-6-10(2)7-12(15)8-11/h6-8,13H,5,9,15H2,1-4H3. The molecule has 1 unspecified atom stereocenters. The third kappa shape index (κ3) is 3.67. The lowest BCUT2D eigenvalue weighted by Gasteiger charge is -2.27. The molecule has 2 N–H and O–H groups in total. The zero-order valence-electron chi connectivity index (χ0n) is 11.6. The van der Waals surface area contributed by atoms with Gasteiger partial charge in [-0.1, -0.05) is 6.92 Å². The summed E-state index contributed by atoms with van der Waals surface area (Å²) >= 11 is 1.76. The highest BCUT2D eigenvalue weighted by Crippen LogP contribution is 2.16. The second-order valence-electron chi connectivity index (χ2n) is 4.57. The Morgan fingerprint density at radius 3 is 2.61 bits per heavy atom. The fraction of sp³-hybridized carbons (Fsp3) is 0.500. The van der Waals surface area contributed by atoms with Crippen LogP contribution in [0.5, 0.6) is 0 Å². The first-order chi connectivity index (χ1) is 8.49. The molecule has 0 aliphatic carbocycles. The molecular weight excluding hydrogens is 244 g/mol. The predicted octanol–water partition coefficient (Wildman–Crippen LogP) is 2.79. The molecule has 0 aliphatic rings. The van der Waals surface area contributed by atoms with E-state index in [9.17, 15) is 4.79 Å². The Kier molecular flexibility index (Phi) is 5.54. The van der Waals surface area contributed by atoms with Crippen LogP contribution in [0, 0.1) is 6.92 Å². The second-order valence-corrected chi connectivity index (χ2v) is 5.48. The Bertz CT molecular complexity index is 400. The van der Waals surface area contributed by atoms with Gasteiger partial charge in [0.25, 0.3) is 5.91 Å². The molecule has 18 heavy (non-hydrogen) atoms. The smallest absolute Gasteiger partial charge is 0.253 e. The maximum absolute atomic E-state index is 12.4. The normalized spacial score (nSPS) is 12.2. The molecule has 4 heteroatoms. The quantitative estimate of drug-likeness (QED) is 0.834. The van der Waals surface area contributed by atoms with E-state index in [1.165, 1.54) is 0 Å². The number of hydrogen-bond donors (Lipinski definition) is 1. The highest BCUT2D eigenvalue weighted by molar-refractivity contribution is 7.98. The molecule has 1 rings (SSSR count). The van der Waals surface area contributed by atoms with Gasteiger partial charge in [0.2, 0.25) is 0 Å². The van der Waals surface area contributed by atoms with Gasteiger partial charge in [-0.15, -0.1) is 0 Å². The van der Waals surface area contributed by atoms with Crippen LogP contribution in [-0.4, -0.2) is 35.9 Å². The van der Waals surface area contributed by atoms with Crippen molar-refractivity contribution in [2.24, 2.45) is 0 Å². The third-order valence-corrected chi connectivity index (χ3v) is 3.76. The summed E-state index contributed by atoms with van der Waals surface area (Å²) in [4.78, 5) is 14.2. The van der Waals surface area contributed by atoms with Crippen molar-refractivity contribution in [2.45, 2.75) is 26.3 Å². The van der Waals surface area contributed by atoms with Crippen molar-refractivity contribution in [1.82, 2.24) is 4.90 Å². The van der Waals surface area contributed by atoms with Crippen LogP contribution in [0.2, 0.25) is 0 Å². The molecular formula is C14H22N2OS. The number of aryl methyl sites for hydroxylation is 1. The average molecular weight is 266 g/mol. The van der Waals surface area contributed by atoms with Gasteiger partial charge in [0.05, 0.1) is 0 Å². The molecule has 0 heterocycles. The van der Waals surface area contributed by atoms with Crippen molar-refractivity contribution in [3.8, 4) is 0 Å². The summed E-state index contributed by atoms with van der Waals surface area (Å²) in [6.07, 6.45) is 3.02. The van der Waals surface area contributed by atoms with Crippen molar-refractivity contribution >= 4 is 23.4 Å². The summed E-state index contributed by atoms with van der Waals surface area (Å²) in [5.74, 6) is 1.01. The molecule has 0 fully saturated rings. The SMILES string of the molecule is CCC(CSC)N(C)C(=O)c1cc(C)cc(N)c1. The van der Waals surface area contributed by atoms with Crippen molar-refractivity contribution in [2.75, 3.05) is 24.8 Å². The van der Waals surface area contributed by atoms with Gasteiger partial charge in [-0.05, 0) is 43.4 Å². The maximum atomic E-state index is 12.4. The summed E-state index contributed by atoms with van der Waals surface area (Å²) < 4.78 is 0. The average Bonchev–Trinajstić information content (AvgIpc) is 2.33. The van der Waals surface area contributed by atoms with Crippen molar-refractivity contribution < 1.29 is 4.79 Å². The van der Waals surface area contributed by atoms with Crippen molar-refractivity contribution in [3.63, 3.8) is 0 Å². The lowest BCUT2D eigenvalue weighted by molar-refractivity contribution is 0.0743. The highest BCUT2D eigenvalue weighted by Gasteiger charge is 2.19. The van der Waals surface area contributed by atoms with Crippen molar-refractivity contribution in [1.29, 1.82) is 0 Å². The molecule has 0 saturated heterocycles. The van der Waals surface area contributed by atoms with Gasteiger partial charge in [0.1, 0.15) is 0 Å². The lowest BCUT2D eigenvalue weighted by Crippen LogP contribution is -2.38. The Balaban J connectivity index is 2.91. The number of benzene rings is 1. The molecule has 1 aromatic rings. The Morgan fingerprint density at radius 2 is 2.11 bits per heavy atom. The second kappa shape index (κ2) is 6.69. The minimum Gasteiger partial charge on any atom is -0.399 e. The van der Waals surface area contributed by atoms with E-state index in [0.29, 0.717) is 11.3 Å². The number of carbonyl (C=O) groups is 1. The topological polar surface area (TPSA) is 46.3 Å². The van der Waals surface area contributed by atoms with Crippen LogP contribution in [0.25, 0.3) is 0 Å². The molecule has 0 spiro atoms. The summed E-state index contributed by atoms with van der Waals surface area (Å²) in [7, 11) is 1.87. The number of nitrogens with zero attached hydrogens (tertiary/aromatic N) is 1. The van der Waals surface area contributed by atoms with Gasteiger partial charge in [-0.2, -0.15) is 11.8 Å². The molecule has 1 atom stereocenters. The van der Waals surface area contributed by atoms with Crippen LogP contribution < -0.4 is 5.73 Å². The van der Waals surface area contributed by atoms with Crippen LogP contribution >= 0.6 is 11.8 Å². The highest BCUT2D eigenvalue weighted by atomic mass is 32.2. The van der Waals surface area contributed by atoms with Gasteiger partial charge in [0, 0.05) is 30.1 Å². The first-order valence-corrected chi connectivity index (χ1v) is 7.52. The summed E-state index contributed by atoms with van der Waals surface area (Å²) in [5, 5.41) is 0. The first kappa shape index (κ1) is 14.9. The Hall–Kier alpha value is -1.16. The molecule has 0 aromatic heterocycles. The summed E-state index contributed by atoms with van der Waals surface area (Å²) in [5.41, 5.74) is 8.13. The van der Waals surface area contributed by atoms with Gasteiger partial charge < -0.3 is 10.6 Å². The number of amides is 1. The lowest BCUT2D eigenvalue weighted by atomic mass is 10.1. The first-order valence-electron chi connectivity index (χ1n) is 6.12. The summed E-state index contributed by atoms with van der Waals surface area (Å²) in [6, 6.07) is 5.78. The van der Waals surface area contributed by atoms with Crippen LogP contribution in [-0.2, 0) is 0 Å². The monoisotopic (exact) mass is 266 g/mol. The molecule has 1 amide bonds. The van der Waals surface area contributed by atoms with Crippen LogP contribution in [0.3, 0.4) is 0 Å².